The summed E-state index contributed by atoms with van der Waals surface area (Å²) in [6, 6.07) is 1.68. The average molecular weight is 211 g/mol. The zero-order valence-electron chi connectivity index (χ0n) is 8.03. The fourth-order valence-electron chi connectivity index (χ4n) is 1.24. The van der Waals surface area contributed by atoms with E-state index in [9.17, 15) is 0 Å². The predicted molar refractivity (Wildman–Crippen MR) is 56.5 cm³/mol. The number of rotatable bonds is 1. The molecular weight excluding hydrogens is 200 g/mol. The summed E-state index contributed by atoms with van der Waals surface area (Å²) >= 11 is 5.84. The van der Waals surface area contributed by atoms with Crippen LogP contribution in [0, 0.1) is 0 Å². The van der Waals surface area contributed by atoms with Gasteiger partial charge in [-0.25, -0.2) is 9.50 Å². The Hall–Kier alpha value is -1.29. The van der Waals surface area contributed by atoms with Crippen LogP contribution < -0.4 is 5.73 Å². The van der Waals surface area contributed by atoms with Gasteiger partial charge in [0.15, 0.2) is 11.5 Å². The minimum Gasteiger partial charge on any atom is -0.396 e. The van der Waals surface area contributed by atoms with Crippen LogP contribution in [0.2, 0.25) is 5.02 Å². The summed E-state index contributed by atoms with van der Waals surface area (Å²) in [7, 11) is 0. The first-order valence-corrected chi connectivity index (χ1v) is 4.77. The number of aromatic nitrogens is 3. The summed E-state index contributed by atoms with van der Waals surface area (Å²) < 4.78 is 1.62. The van der Waals surface area contributed by atoms with Crippen LogP contribution >= 0.6 is 11.6 Å². The van der Waals surface area contributed by atoms with Gasteiger partial charge < -0.3 is 5.73 Å². The molecule has 2 N–H and O–H groups in total. The SMILES string of the molecule is CC(C)c1nc2c(N)cc(Cl)cn2n1. The van der Waals surface area contributed by atoms with Crippen molar-refractivity contribution in [3.8, 4) is 0 Å². The van der Waals surface area contributed by atoms with Gasteiger partial charge in [0.1, 0.15) is 0 Å². The number of hydrogen-bond donors (Lipinski definition) is 1. The lowest BCUT2D eigenvalue weighted by atomic mass is 10.2. The predicted octanol–water partition coefficient (Wildman–Crippen LogP) is 2.09. The highest BCUT2D eigenvalue weighted by Crippen LogP contribution is 2.19. The Morgan fingerprint density at radius 2 is 2.21 bits per heavy atom. The molecule has 5 heteroatoms. The summed E-state index contributed by atoms with van der Waals surface area (Å²) in [5.74, 6) is 1.06. The van der Waals surface area contributed by atoms with E-state index in [1.165, 1.54) is 0 Å². The largest absolute Gasteiger partial charge is 0.396 e. The van der Waals surface area contributed by atoms with Gasteiger partial charge in [-0.2, -0.15) is 5.10 Å². The first-order chi connectivity index (χ1) is 6.58. The number of pyridine rings is 1. The molecule has 0 bridgehead atoms. The highest BCUT2D eigenvalue weighted by Gasteiger charge is 2.09. The van der Waals surface area contributed by atoms with E-state index < -0.39 is 0 Å². The van der Waals surface area contributed by atoms with Crippen molar-refractivity contribution in [3.05, 3.63) is 23.1 Å². The normalized spacial score (nSPS) is 11.4. The van der Waals surface area contributed by atoms with Crippen molar-refractivity contribution in [2.75, 3.05) is 5.73 Å². The molecule has 0 aliphatic heterocycles. The lowest BCUT2D eigenvalue weighted by molar-refractivity contribution is 0.765. The molecule has 0 fully saturated rings. The summed E-state index contributed by atoms with van der Waals surface area (Å²) in [5.41, 5.74) is 6.98. The van der Waals surface area contributed by atoms with Crippen LogP contribution in [0.5, 0.6) is 0 Å². The minimum absolute atomic E-state index is 0.285. The van der Waals surface area contributed by atoms with E-state index in [2.05, 4.69) is 10.1 Å². The van der Waals surface area contributed by atoms with Crippen LogP contribution in [0.25, 0.3) is 5.65 Å². The van der Waals surface area contributed by atoms with Gasteiger partial charge in [-0.3, -0.25) is 0 Å². The second-order valence-electron chi connectivity index (χ2n) is 3.51. The maximum absolute atomic E-state index is 5.84. The van der Waals surface area contributed by atoms with E-state index in [0.29, 0.717) is 16.4 Å². The molecule has 4 nitrogen and oxygen atoms in total. The molecule has 0 unspecified atom stereocenters. The van der Waals surface area contributed by atoms with E-state index in [4.69, 9.17) is 17.3 Å². The highest BCUT2D eigenvalue weighted by molar-refractivity contribution is 6.30. The molecule has 0 saturated heterocycles. The Balaban J connectivity index is 2.70. The minimum atomic E-state index is 0.285. The zero-order chi connectivity index (χ0) is 10.3. The van der Waals surface area contributed by atoms with Gasteiger partial charge in [-0.05, 0) is 6.07 Å². The lowest BCUT2D eigenvalue weighted by Crippen LogP contribution is -1.93. The van der Waals surface area contributed by atoms with Gasteiger partial charge in [0.25, 0.3) is 0 Å². The molecule has 2 aromatic heterocycles. The maximum atomic E-state index is 5.84. The van der Waals surface area contributed by atoms with Gasteiger partial charge in [0, 0.05) is 12.1 Å². The quantitative estimate of drug-likeness (QED) is 0.784. The summed E-state index contributed by atoms with van der Waals surface area (Å²) in [4.78, 5) is 4.32. The van der Waals surface area contributed by atoms with Gasteiger partial charge in [-0.15, -0.1) is 0 Å². The Morgan fingerprint density at radius 3 is 2.86 bits per heavy atom. The van der Waals surface area contributed by atoms with Crippen molar-refractivity contribution in [3.63, 3.8) is 0 Å². The van der Waals surface area contributed by atoms with Crippen molar-refractivity contribution in [1.29, 1.82) is 0 Å². The van der Waals surface area contributed by atoms with Crippen LogP contribution in [0.4, 0.5) is 5.69 Å². The molecule has 0 radical (unpaired) electrons. The number of nitrogens with two attached hydrogens (primary N) is 1. The van der Waals surface area contributed by atoms with Crippen LogP contribution in [-0.4, -0.2) is 14.6 Å². The van der Waals surface area contributed by atoms with Crippen molar-refractivity contribution in [1.82, 2.24) is 14.6 Å². The Morgan fingerprint density at radius 1 is 1.50 bits per heavy atom. The van der Waals surface area contributed by atoms with Crippen LogP contribution in [-0.2, 0) is 0 Å². The van der Waals surface area contributed by atoms with E-state index in [-0.39, 0.29) is 5.92 Å². The number of hydrogen-bond acceptors (Lipinski definition) is 3. The molecular formula is C9H11ClN4. The zero-order valence-corrected chi connectivity index (χ0v) is 8.78. The molecule has 2 aromatic rings. The monoisotopic (exact) mass is 210 g/mol. The van der Waals surface area contributed by atoms with Gasteiger partial charge in [-0.1, -0.05) is 25.4 Å². The number of nitrogens with zero attached hydrogens (tertiary/aromatic N) is 3. The van der Waals surface area contributed by atoms with E-state index in [1.54, 1.807) is 16.8 Å². The second kappa shape index (κ2) is 3.13. The Kier molecular flexibility index (Phi) is 2.07. The van der Waals surface area contributed by atoms with Gasteiger partial charge in [0.05, 0.1) is 10.7 Å². The van der Waals surface area contributed by atoms with Crippen molar-refractivity contribution in [2.45, 2.75) is 19.8 Å². The summed E-state index contributed by atoms with van der Waals surface area (Å²) in [6.45, 7) is 4.07. The van der Waals surface area contributed by atoms with E-state index in [1.807, 2.05) is 13.8 Å². The fourth-order valence-corrected chi connectivity index (χ4v) is 1.45. The molecule has 2 rings (SSSR count). The molecule has 0 aliphatic rings. The number of anilines is 1. The van der Waals surface area contributed by atoms with Crippen LogP contribution in [0.3, 0.4) is 0 Å². The summed E-state index contributed by atoms with van der Waals surface area (Å²) in [5, 5.41) is 4.84. The maximum Gasteiger partial charge on any atom is 0.178 e. The number of halogens is 1. The summed E-state index contributed by atoms with van der Waals surface area (Å²) in [6.07, 6.45) is 1.70. The Labute approximate surface area is 86.7 Å². The first-order valence-electron chi connectivity index (χ1n) is 4.39. The fraction of sp³-hybridized carbons (Fsp3) is 0.333. The molecule has 2 heterocycles. The number of nitrogen functional groups attached to an aromatic ring is 1. The van der Waals surface area contributed by atoms with Gasteiger partial charge >= 0.3 is 0 Å². The lowest BCUT2D eigenvalue weighted by Gasteiger charge is -1.95. The molecule has 0 amide bonds. The first kappa shape index (κ1) is 9.27. The third-order valence-electron chi connectivity index (χ3n) is 1.96. The molecule has 0 aromatic carbocycles. The average Bonchev–Trinajstić information content (AvgIpc) is 2.47. The van der Waals surface area contributed by atoms with Crippen molar-refractivity contribution in [2.24, 2.45) is 0 Å². The van der Waals surface area contributed by atoms with Gasteiger partial charge in [0.2, 0.25) is 0 Å². The molecule has 0 spiro atoms. The van der Waals surface area contributed by atoms with Crippen LogP contribution in [0.15, 0.2) is 12.3 Å². The Bertz CT molecular complexity index is 475. The third-order valence-corrected chi connectivity index (χ3v) is 2.17. The van der Waals surface area contributed by atoms with Crippen LogP contribution in [0.1, 0.15) is 25.6 Å². The van der Waals surface area contributed by atoms with Crippen molar-refractivity contribution < 1.29 is 0 Å². The second-order valence-corrected chi connectivity index (χ2v) is 3.94. The topological polar surface area (TPSA) is 56.2 Å². The molecule has 0 atom stereocenters. The molecule has 0 saturated carbocycles. The number of fused-ring (bicyclic) bond motifs is 1. The van der Waals surface area contributed by atoms with E-state index >= 15 is 0 Å². The molecule has 74 valence electrons. The van der Waals surface area contributed by atoms with E-state index in [0.717, 1.165) is 5.82 Å². The molecule has 0 aliphatic carbocycles. The molecule has 14 heavy (non-hydrogen) atoms. The standard InChI is InChI=1S/C9H11ClN4/c1-5(2)8-12-9-7(11)3-6(10)4-14(9)13-8/h3-5H,11H2,1-2H3. The smallest absolute Gasteiger partial charge is 0.178 e. The third kappa shape index (κ3) is 1.42. The highest BCUT2D eigenvalue weighted by atomic mass is 35.5. The van der Waals surface area contributed by atoms with Crippen molar-refractivity contribution >= 4 is 22.9 Å².